The molecule has 1 spiro atoms. The lowest BCUT2D eigenvalue weighted by molar-refractivity contribution is -0.0138. The second kappa shape index (κ2) is 7.24. The Bertz CT molecular complexity index is 287. The van der Waals surface area contributed by atoms with Crippen molar-refractivity contribution in [2.24, 2.45) is 11.8 Å². The maximum atomic E-state index is 10.4. The average molecular weight is 283 g/mol. The van der Waals surface area contributed by atoms with Gasteiger partial charge < -0.3 is 9.84 Å². The fourth-order valence-corrected chi connectivity index (χ4v) is 4.16. The van der Waals surface area contributed by atoms with E-state index in [0.717, 1.165) is 26.1 Å². The van der Waals surface area contributed by atoms with Crippen LogP contribution in [0.15, 0.2) is 0 Å². The molecule has 3 unspecified atom stereocenters. The maximum Gasteiger partial charge on any atom is 0.107 e. The zero-order valence-corrected chi connectivity index (χ0v) is 13.6. The minimum Gasteiger partial charge on any atom is -0.378 e. The molecular formula is C17H33NO2. The summed E-state index contributed by atoms with van der Waals surface area (Å²) in [6.07, 6.45) is 8.37. The van der Waals surface area contributed by atoms with Crippen LogP contribution in [0.25, 0.3) is 0 Å². The molecule has 20 heavy (non-hydrogen) atoms. The van der Waals surface area contributed by atoms with Gasteiger partial charge in [0, 0.05) is 0 Å². The monoisotopic (exact) mass is 283 g/mol. The number of nitrogens with zero attached hydrogens (tertiary/aromatic N) is 1. The van der Waals surface area contributed by atoms with Crippen molar-refractivity contribution in [1.82, 2.24) is 4.90 Å². The van der Waals surface area contributed by atoms with Gasteiger partial charge in [-0.05, 0) is 50.6 Å². The first-order chi connectivity index (χ1) is 9.66. The average Bonchev–Trinajstić information content (AvgIpc) is 3.14. The Morgan fingerprint density at radius 2 is 1.95 bits per heavy atom. The van der Waals surface area contributed by atoms with Gasteiger partial charge in [0.25, 0.3) is 0 Å². The van der Waals surface area contributed by atoms with E-state index in [1.54, 1.807) is 0 Å². The van der Waals surface area contributed by atoms with Crippen LogP contribution in [-0.2, 0) is 4.74 Å². The third-order valence-corrected chi connectivity index (χ3v) is 5.56. The van der Waals surface area contributed by atoms with E-state index in [4.69, 9.17) is 4.74 Å². The fourth-order valence-electron chi connectivity index (χ4n) is 4.16. The third kappa shape index (κ3) is 3.55. The molecule has 1 aliphatic carbocycles. The topological polar surface area (TPSA) is 36.0 Å². The molecule has 3 heteroatoms. The van der Waals surface area contributed by atoms with E-state index in [1.165, 1.54) is 38.5 Å². The highest BCUT2D eigenvalue weighted by atomic mass is 16.6. The molecule has 1 saturated heterocycles. The smallest absolute Gasteiger partial charge is 0.107 e. The molecule has 2 rings (SSSR count). The van der Waals surface area contributed by atoms with Crippen molar-refractivity contribution in [2.45, 2.75) is 77.5 Å². The summed E-state index contributed by atoms with van der Waals surface area (Å²) < 4.78 is 5.83. The van der Waals surface area contributed by atoms with E-state index in [-0.39, 0.29) is 11.8 Å². The first kappa shape index (κ1) is 16.3. The van der Waals surface area contributed by atoms with Crippen LogP contribution in [0.1, 0.15) is 65.7 Å². The van der Waals surface area contributed by atoms with Crippen LogP contribution in [0, 0.1) is 11.8 Å². The number of aliphatic hydroxyl groups excluding tert-OH is 1. The molecule has 1 heterocycles. The minimum atomic E-state index is -0.266. The summed E-state index contributed by atoms with van der Waals surface area (Å²) in [6, 6.07) is 0. The summed E-state index contributed by atoms with van der Waals surface area (Å²) in [5.74, 6) is 1.35. The van der Waals surface area contributed by atoms with Crippen molar-refractivity contribution in [3.63, 3.8) is 0 Å². The van der Waals surface area contributed by atoms with Gasteiger partial charge in [0.1, 0.15) is 6.23 Å². The highest BCUT2D eigenvalue weighted by molar-refractivity contribution is 5.06. The van der Waals surface area contributed by atoms with E-state index < -0.39 is 0 Å². The molecule has 118 valence electrons. The molecule has 1 saturated carbocycles. The predicted molar refractivity (Wildman–Crippen MR) is 82.6 cm³/mol. The van der Waals surface area contributed by atoms with E-state index >= 15 is 0 Å². The first-order valence-corrected chi connectivity index (χ1v) is 8.73. The van der Waals surface area contributed by atoms with E-state index in [0.29, 0.717) is 11.8 Å². The number of aliphatic hydroxyl groups is 1. The van der Waals surface area contributed by atoms with Gasteiger partial charge in [0.15, 0.2) is 0 Å². The zero-order chi connectivity index (χ0) is 14.6. The highest BCUT2D eigenvalue weighted by Crippen LogP contribution is 2.54. The number of epoxide rings is 1. The van der Waals surface area contributed by atoms with Crippen LogP contribution in [0.2, 0.25) is 0 Å². The molecule has 0 bridgehead atoms. The summed E-state index contributed by atoms with van der Waals surface area (Å²) in [5.41, 5.74) is 0.224. The lowest BCUT2D eigenvalue weighted by Crippen LogP contribution is -2.37. The summed E-state index contributed by atoms with van der Waals surface area (Å²) in [4.78, 5) is 2.17. The highest BCUT2D eigenvalue weighted by Gasteiger charge is 2.57. The molecular weight excluding hydrogens is 250 g/mol. The molecule has 4 atom stereocenters. The Hall–Kier alpha value is -0.120. The van der Waals surface area contributed by atoms with Gasteiger partial charge in [0.2, 0.25) is 0 Å². The standard InChI is InChI=1S/C17H33NO2/c1-4-7-8-9-15-14(10-11-17(15)13-20-17)12-16(19)18(5-2)6-3/h14-16,19H,4-13H2,1-3H3/t14?,15?,16-,17?/m0/s1. The summed E-state index contributed by atoms with van der Waals surface area (Å²) in [5, 5.41) is 10.4. The SMILES string of the molecule is CCCCCC1C(C[C@H](O)N(CC)CC)CCC12CO2. The van der Waals surface area contributed by atoms with Crippen LogP contribution in [-0.4, -0.2) is 41.5 Å². The zero-order valence-electron chi connectivity index (χ0n) is 13.6. The van der Waals surface area contributed by atoms with Crippen molar-refractivity contribution in [1.29, 1.82) is 0 Å². The maximum absolute atomic E-state index is 10.4. The quantitative estimate of drug-likeness (QED) is 0.400. The second-order valence-corrected chi connectivity index (χ2v) is 6.69. The van der Waals surface area contributed by atoms with Crippen LogP contribution < -0.4 is 0 Å². The molecule has 0 aromatic heterocycles. The van der Waals surface area contributed by atoms with Crippen molar-refractivity contribution < 1.29 is 9.84 Å². The molecule has 0 amide bonds. The van der Waals surface area contributed by atoms with Crippen LogP contribution in [0.3, 0.4) is 0 Å². The van der Waals surface area contributed by atoms with E-state index in [2.05, 4.69) is 25.7 Å². The lowest BCUT2D eigenvalue weighted by atomic mass is 9.83. The van der Waals surface area contributed by atoms with Crippen LogP contribution in [0.5, 0.6) is 0 Å². The van der Waals surface area contributed by atoms with Gasteiger partial charge >= 0.3 is 0 Å². The van der Waals surface area contributed by atoms with Crippen molar-refractivity contribution in [2.75, 3.05) is 19.7 Å². The molecule has 0 radical (unpaired) electrons. The van der Waals surface area contributed by atoms with Crippen molar-refractivity contribution >= 4 is 0 Å². The Kier molecular flexibility index (Phi) is 5.88. The largest absolute Gasteiger partial charge is 0.378 e. The first-order valence-electron chi connectivity index (χ1n) is 8.73. The Balaban J connectivity index is 1.88. The minimum absolute atomic E-state index is 0.224. The van der Waals surface area contributed by atoms with Gasteiger partial charge in [0.05, 0.1) is 12.2 Å². The summed E-state index contributed by atoms with van der Waals surface area (Å²) in [7, 11) is 0. The summed E-state index contributed by atoms with van der Waals surface area (Å²) in [6.45, 7) is 9.37. The van der Waals surface area contributed by atoms with Gasteiger partial charge in [-0.15, -0.1) is 0 Å². The second-order valence-electron chi connectivity index (χ2n) is 6.69. The third-order valence-electron chi connectivity index (χ3n) is 5.56. The Labute approximate surface area is 124 Å². The molecule has 1 aliphatic heterocycles. The predicted octanol–water partition coefficient (Wildman–Crippen LogP) is 3.41. The Morgan fingerprint density at radius 3 is 2.50 bits per heavy atom. The van der Waals surface area contributed by atoms with Crippen LogP contribution in [0.4, 0.5) is 0 Å². The molecule has 0 aromatic carbocycles. The summed E-state index contributed by atoms with van der Waals surface area (Å²) >= 11 is 0. The molecule has 2 fully saturated rings. The molecule has 3 nitrogen and oxygen atoms in total. The van der Waals surface area contributed by atoms with Crippen LogP contribution >= 0.6 is 0 Å². The van der Waals surface area contributed by atoms with E-state index in [1.807, 2.05) is 0 Å². The number of hydrogen-bond donors (Lipinski definition) is 1. The fraction of sp³-hybridized carbons (Fsp3) is 1.00. The number of unbranched alkanes of at least 4 members (excludes halogenated alkanes) is 2. The van der Waals surface area contributed by atoms with Crippen molar-refractivity contribution in [3.8, 4) is 0 Å². The Morgan fingerprint density at radius 1 is 1.25 bits per heavy atom. The van der Waals surface area contributed by atoms with Gasteiger partial charge in [-0.1, -0.05) is 40.0 Å². The number of hydrogen-bond acceptors (Lipinski definition) is 3. The molecule has 0 aromatic rings. The van der Waals surface area contributed by atoms with E-state index in [9.17, 15) is 5.11 Å². The molecule has 1 N–H and O–H groups in total. The van der Waals surface area contributed by atoms with Gasteiger partial charge in [-0.25, -0.2) is 0 Å². The van der Waals surface area contributed by atoms with Crippen molar-refractivity contribution in [3.05, 3.63) is 0 Å². The lowest BCUT2D eigenvalue weighted by Gasteiger charge is -2.30. The number of ether oxygens (including phenoxy) is 1. The number of rotatable bonds is 9. The van der Waals surface area contributed by atoms with Gasteiger partial charge in [-0.3, -0.25) is 4.90 Å². The van der Waals surface area contributed by atoms with Gasteiger partial charge in [-0.2, -0.15) is 0 Å². The normalized spacial score (nSPS) is 34.0. The molecule has 2 aliphatic rings.